The number of rotatable bonds is 12. The first kappa shape index (κ1) is 46.8. The van der Waals surface area contributed by atoms with E-state index in [0.29, 0.717) is 104 Å². The molecular formula is C44H30Hg8O5. The van der Waals surface area contributed by atoms with E-state index in [4.69, 9.17) is 18.9 Å². The summed E-state index contributed by atoms with van der Waals surface area (Å²) in [6, 6.07) is 53.3. The molecule has 57 heavy (non-hydrogen) atoms. The summed E-state index contributed by atoms with van der Waals surface area (Å²) in [5.41, 5.74) is 11.3. The van der Waals surface area contributed by atoms with Gasteiger partial charge in [-0.15, -0.1) is 0 Å². The van der Waals surface area contributed by atoms with Crippen LogP contribution in [-0.2, 0) is 229 Å². The zero-order chi connectivity index (χ0) is 40.8. The maximum absolute atomic E-state index is 12.3. The molecule has 0 aliphatic heterocycles. The van der Waals surface area contributed by atoms with E-state index in [1.165, 1.54) is 33.4 Å². The Balaban J connectivity index is 1.52. The number of hydrogen-bond donors (Lipinski definition) is 0. The van der Waals surface area contributed by atoms with Crippen LogP contribution in [0.2, 0.25) is 0 Å². The summed E-state index contributed by atoms with van der Waals surface area (Å²) >= 11 is 2.74. The van der Waals surface area contributed by atoms with Crippen LogP contribution < -0.4 is 9.47 Å². The zero-order valence-electron chi connectivity index (χ0n) is 32.6. The number of fused-ring (bicyclic) bond motifs is 3. The van der Waals surface area contributed by atoms with Gasteiger partial charge >= 0.3 is 473 Å². The molecule has 0 saturated heterocycles. The van der Waals surface area contributed by atoms with Crippen LogP contribution in [0.4, 0.5) is 0 Å². The first-order chi connectivity index (χ1) is 27.0. The summed E-state index contributed by atoms with van der Waals surface area (Å²) in [5.74, 6) is 1.65. The second-order valence-electron chi connectivity index (χ2n) is 15.0. The Morgan fingerprint density at radius 2 is 0.860 bits per heavy atom. The Kier molecular flexibility index (Phi) is 15.7. The van der Waals surface area contributed by atoms with Crippen molar-refractivity contribution < 1.29 is 233 Å². The van der Waals surface area contributed by atoms with Crippen molar-refractivity contribution in [3.8, 4) is 44.9 Å². The average Bonchev–Trinajstić information content (AvgIpc) is 3.49. The molecule has 252 valence electrons. The van der Waals surface area contributed by atoms with Gasteiger partial charge in [0.1, 0.15) is 0 Å². The second-order valence-corrected chi connectivity index (χ2v) is 111. The van der Waals surface area contributed by atoms with E-state index >= 15 is 0 Å². The van der Waals surface area contributed by atoms with Crippen molar-refractivity contribution in [3.63, 3.8) is 0 Å². The van der Waals surface area contributed by atoms with E-state index in [0.717, 1.165) is 33.8 Å². The molecule has 0 spiro atoms. The third-order valence-corrected chi connectivity index (χ3v) is 97.0. The van der Waals surface area contributed by atoms with Crippen LogP contribution >= 0.6 is 0 Å². The monoisotopic (exact) mass is 2250 g/mol. The van der Waals surface area contributed by atoms with Crippen molar-refractivity contribution in [2.45, 2.75) is 14.8 Å². The van der Waals surface area contributed by atoms with Gasteiger partial charge in [0.25, 0.3) is 0 Å². The van der Waals surface area contributed by atoms with Crippen LogP contribution in [0.3, 0.4) is 0 Å². The molecule has 0 N–H and O–H groups in total. The summed E-state index contributed by atoms with van der Waals surface area (Å²) in [6.07, 6.45) is 0. The fourth-order valence-electron chi connectivity index (χ4n) is 7.58. The van der Waals surface area contributed by atoms with Crippen molar-refractivity contribution in [3.05, 3.63) is 168 Å². The van der Waals surface area contributed by atoms with Gasteiger partial charge in [-0.2, -0.15) is 0 Å². The predicted octanol–water partition coefficient (Wildman–Crippen LogP) is 8.34. The molecule has 6 aromatic carbocycles. The van der Waals surface area contributed by atoms with Crippen molar-refractivity contribution in [2.24, 2.45) is 0 Å². The molecule has 0 amide bonds. The quantitative estimate of drug-likeness (QED) is 0.0911. The van der Waals surface area contributed by atoms with E-state index in [1.807, 2.05) is 7.11 Å². The van der Waals surface area contributed by atoms with Crippen LogP contribution in [0.15, 0.2) is 146 Å². The second kappa shape index (κ2) is 19.1. The number of ether oxygens (including phenoxy) is 4. The molecule has 1 aliphatic carbocycles. The van der Waals surface area contributed by atoms with Gasteiger partial charge in [0.2, 0.25) is 0 Å². The standard InChI is InChI=1S/C44H30O5.8Hg/c1-31(45)47-27-28-49-43-24-22-35(30-39(43)33-15-7-4-8-16-33)44(40-19-11-9-17-36(40)37-18-10-12-20-41(37)44)34-21-23-42(48-26-25-46-2)38(29-34)32-13-5-3-6-14-32;;;;;;;;/h3-24,29-30H,1-2H3;;;;;;;;. The Morgan fingerprint density at radius 3 is 1.26 bits per heavy atom. The van der Waals surface area contributed by atoms with Crippen LogP contribution in [-0.4, -0.2) is 15.6 Å². The van der Waals surface area contributed by atoms with E-state index in [2.05, 4.69) is 146 Å². The molecule has 0 atom stereocenters. The molecule has 0 heterocycles. The number of methoxy groups -OCH3 is 1. The van der Waals surface area contributed by atoms with Gasteiger partial charge in [-0.05, 0) is 0 Å². The van der Waals surface area contributed by atoms with Crippen molar-refractivity contribution >= 4 is 5.97 Å². The van der Waals surface area contributed by atoms with Gasteiger partial charge in [0.05, 0.1) is 0 Å². The molecule has 0 unspecified atom stereocenters. The van der Waals surface area contributed by atoms with E-state index in [9.17, 15) is 4.79 Å². The third-order valence-electron chi connectivity index (χ3n) is 10.9. The number of benzene rings is 6. The molecule has 0 bridgehead atoms. The van der Waals surface area contributed by atoms with Crippen molar-refractivity contribution in [1.29, 1.82) is 0 Å². The van der Waals surface area contributed by atoms with Gasteiger partial charge in [0, 0.05) is 0 Å². The van der Waals surface area contributed by atoms with Crippen LogP contribution in [0.5, 0.6) is 11.5 Å². The average molecular weight is 2240 g/mol. The maximum atomic E-state index is 12.3. The van der Waals surface area contributed by atoms with Crippen LogP contribution in [0.25, 0.3) is 33.4 Å². The Hall–Kier alpha value is 1.83. The fraction of sp³-hybridized carbons (Fsp3) is 0.159. The van der Waals surface area contributed by atoms with E-state index < -0.39 is 5.41 Å². The summed E-state index contributed by atoms with van der Waals surface area (Å²) < 4.78 is 26.1. The topological polar surface area (TPSA) is 54.0 Å². The van der Waals surface area contributed by atoms with Gasteiger partial charge in [-0.25, -0.2) is 0 Å². The molecule has 7 rings (SSSR count). The summed E-state index contributed by atoms with van der Waals surface area (Å²) in [4.78, 5) is 12.3. The SMILES string of the molecule is CO[C]([Hg])([Hg])[C]([Hg])([Hg])Oc1ccc(C2(c3ccc(O[C]([Hg])([Hg])[C]([Hg])([Hg])OC(C)=O)c(-c4ccccc4)c3)c3ccccc3-c3ccccc32)cc1-c1ccccc1. The number of esters is 1. The van der Waals surface area contributed by atoms with Gasteiger partial charge in [0.15, 0.2) is 0 Å². The minimum absolute atomic E-state index is 0.00906. The Labute approximate surface area is 464 Å². The van der Waals surface area contributed by atoms with Gasteiger partial charge in [-0.3, -0.25) is 0 Å². The van der Waals surface area contributed by atoms with E-state index in [1.54, 1.807) is 6.92 Å². The first-order valence-corrected chi connectivity index (χ1v) is 40.6. The van der Waals surface area contributed by atoms with Gasteiger partial charge in [-0.1, -0.05) is 0 Å². The van der Waals surface area contributed by atoms with Crippen molar-refractivity contribution in [2.75, 3.05) is 7.11 Å². The first-order valence-electron chi connectivity index (χ1n) is 18.6. The molecule has 13 heteroatoms. The molecule has 6 aromatic rings. The molecule has 0 fully saturated rings. The van der Waals surface area contributed by atoms with Crippen LogP contribution in [0, 0.1) is 0 Å². The summed E-state index contributed by atoms with van der Waals surface area (Å²) in [5, 5.41) is 0. The summed E-state index contributed by atoms with van der Waals surface area (Å²) in [7, 11) is 1.90. The third kappa shape index (κ3) is 9.49. The predicted molar refractivity (Wildman–Crippen MR) is 186 cm³/mol. The molecule has 5 nitrogen and oxygen atoms in total. The summed E-state index contributed by atoms with van der Waals surface area (Å²) in [6.45, 7) is 1.55. The zero-order valence-corrected chi connectivity index (χ0v) is 76.5. The Bertz CT molecular complexity index is 2390. The van der Waals surface area contributed by atoms with Gasteiger partial charge < -0.3 is 0 Å². The van der Waals surface area contributed by atoms with Crippen LogP contribution in [0.1, 0.15) is 29.2 Å². The molecule has 1 aliphatic rings. The van der Waals surface area contributed by atoms with E-state index in [-0.39, 0.29) is 113 Å². The molecule has 0 aromatic heterocycles. The molecule has 0 saturated carbocycles. The number of hydrogen-bond acceptors (Lipinski definition) is 5. The number of carbonyl (C=O) groups excluding carboxylic acids is 1. The number of carbonyl (C=O) groups is 1. The fourth-order valence-corrected chi connectivity index (χ4v) is 14.4. The molecule has 0 radical (unpaired) electrons. The van der Waals surface area contributed by atoms with Crippen molar-refractivity contribution in [1.82, 2.24) is 0 Å². The normalized spacial score (nSPS) is 13.9. The molecular weight excluding hydrogens is 2210 g/mol. The Morgan fingerprint density at radius 1 is 0.474 bits per heavy atom. The minimum atomic E-state index is -0.630.